The number of rotatable bonds is 5. The van der Waals surface area contributed by atoms with E-state index >= 15 is 0 Å². The Hall–Kier alpha value is 0.117. The molecule has 0 heterocycles. The number of hydrogen-bond acceptors (Lipinski definition) is 6. The van der Waals surface area contributed by atoms with Gasteiger partial charge in [-0.1, -0.05) is 6.92 Å². The van der Waals surface area contributed by atoms with Gasteiger partial charge in [-0.25, -0.2) is 0 Å². The van der Waals surface area contributed by atoms with Crippen LogP contribution in [0.2, 0.25) is 0 Å². The molecule has 0 saturated heterocycles. The minimum atomic E-state index is -4.35. The molecule has 72 valence electrons. The normalized spacial score (nSPS) is 15.9. The largest absolute Gasteiger partial charge is 0.697 e. The van der Waals surface area contributed by atoms with Gasteiger partial charge < -0.3 is 14.4 Å². The summed E-state index contributed by atoms with van der Waals surface area (Å²) >= 11 is 0. The van der Waals surface area contributed by atoms with Crippen LogP contribution in [0.3, 0.4) is 0 Å². The third kappa shape index (κ3) is 4.22. The third-order valence-corrected chi connectivity index (χ3v) is 3.48. The van der Waals surface area contributed by atoms with Crippen molar-refractivity contribution < 1.29 is 28.0 Å². The Kier molecular flexibility index (Phi) is 5.03. The van der Waals surface area contributed by atoms with Gasteiger partial charge in [-0.2, -0.15) is 0 Å². The zero-order valence-corrected chi connectivity index (χ0v) is 8.69. The van der Waals surface area contributed by atoms with E-state index in [4.69, 9.17) is 14.4 Å². The van der Waals surface area contributed by atoms with E-state index < -0.39 is 22.8 Å². The molecule has 0 aromatic carbocycles. The molecule has 6 nitrogen and oxygen atoms in total. The van der Waals surface area contributed by atoms with Gasteiger partial charge in [0.05, 0.1) is 7.11 Å². The van der Waals surface area contributed by atoms with Gasteiger partial charge >= 0.3 is 17.1 Å². The minimum absolute atomic E-state index is 0.153. The maximum atomic E-state index is 10.6. The Balaban J connectivity index is 4.09. The van der Waals surface area contributed by atoms with Crippen LogP contribution in [0.5, 0.6) is 0 Å². The Morgan fingerprint density at radius 1 is 1.50 bits per heavy atom. The maximum Gasteiger partial charge on any atom is 0.697 e. The molecule has 0 aliphatic heterocycles. The highest BCUT2D eigenvalue weighted by atomic mass is 31.1. The molecule has 2 unspecified atom stereocenters. The number of hydrogen-bond donors (Lipinski definition) is 3. The summed E-state index contributed by atoms with van der Waals surface area (Å²) in [4.78, 5) is 26.3. The van der Waals surface area contributed by atoms with E-state index in [-0.39, 0.29) is 6.42 Å². The van der Waals surface area contributed by atoms with Crippen molar-refractivity contribution in [2.75, 3.05) is 7.11 Å². The van der Waals surface area contributed by atoms with Crippen LogP contribution in [0.15, 0.2) is 0 Å². The third-order valence-electron chi connectivity index (χ3n) is 1.17. The van der Waals surface area contributed by atoms with Gasteiger partial charge in [0.15, 0.2) is 5.73 Å². The predicted octanol–water partition coefficient (Wildman–Crippen LogP) is -0.460. The van der Waals surface area contributed by atoms with Gasteiger partial charge in [0, 0.05) is 4.57 Å². The lowest BCUT2D eigenvalue weighted by molar-refractivity contribution is 0.120. The summed E-state index contributed by atoms with van der Waals surface area (Å²) in [5.74, 6) is 0. The van der Waals surface area contributed by atoms with Crippen molar-refractivity contribution in [3.05, 3.63) is 0 Å². The first-order valence-corrected chi connectivity index (χ1v) is 6.28. The molecule has 0 aromatic heterocycles. The lowest BCUT2D eigenvalue weighted by Crippen LogP contribution is -2.49. The Bertz CT molecular complexity index is 156. The molecule has 8 heteroatoms. The summed E-state index contributed by atoms with van der Waals surface area (Å²) in [5, 5.41) is 0. The van der Waals surface area contributed by atoms with Crippen LogP contribution in [0, 0.1) is 0 Å². The van der Waals surface area contributed by atoms with Crippen LogP contribution >= 0.6 is 8.25 Å². The highest BCUT2D eigenvalue weighted by Crippen LogP contribution is 2.27. The molecule has 0 rings (SSSR count). The van der Waals surface area contributed by atoms with Crippen LogP contribution in [0.25, 0.3) is 0 Å². The van der Waals surface area contributed by atoms with Crippen LogP contribution < -0.4 is 0 Å². The van der Waals surface area contributed by atoms with Crippen molar-refractivity contribution >= 4 is 17.1 Å². The summed E-state index contributed by atoms with van der Waals surface area (Å²) in [6.45, 7) is 1.56. The molecular weight excluding hydrogens is 203 g/mol. The topological polar surface area (TPSA) is 96.2 Å². The second kappa shape index (κ2) is 4.98. The van der Waals surface area contributed by atoms with Crippen LogP contribution in [0.1, 0.15) is 13.3 Å². The molecule has 3 N–H and O–H groups in total. The lowest BCUT2D eigenvalue weighted by Gasteiger charge is -2.14. The second-order valence-electron chi connectivity index (χ2n) is 2.10. The van der Waals surface area contributed by atoms with Crippen LogP contribution in [-0.4, -0.2) is 36.0 Å². The SMILES string of the molecule is CCC(O[P+](=O)OC)[Si](O)(O)O. The molecule has 0 spiro atoms. The molecule has 0 radical (unpaired) electrons. The fraction of sp³-hybridized carbons (Fsp3) is 1.00. The van der Waals surface area contributed by atoms with Crippen LogP contribution in [0.4, 0.5) is 0 Å². The average molecular weight is 215 g/mol. The quantitative estimate of drug-likeness (QED) is 0.424. The van der Waals surface area contributed by atoms with E-state index in [1.807, 2.05) is 0 Å². The smallest absolute Gasteiger partial charge is 0.388 e. The lowest BCUT2D eigenvalue weighted by atomic mass is 10.5. The van der Waals surface area contributed by atoms with Crippen molar-refractivity contribution in [2.24, 2.45) is 0 Å². The molecule has 0 amide bonds. The van der Waals surface area contributed by atoms with E-state index in [1.165, 1.54) is 0 Å². The maximum absolute atomic E-state index is 10.6. The van der Waals surface area contributed by atoms with Gasteiger partial charge in [0.1, 0.15) is 0 Å². The Morgan fingerprint density at radius 2 is 2.00 bits per heavy atom. The van der Waals surface area contributed by atoms with Crippen molar-refractivity contribution in [2.45, 2.75) is 19.1 Å². The fourth-order valence-electron chi connectivity index (χ4n) is 0.566. The van der Waals surface area contributed by atoms with E-state index in [1.54, 1.807) is 6.92 Å². The minimum Gasteiger partial charge on any atom is -0.388 e. The Morgan fingerprint density at radius 3 is 2.25 bits per heavy atom. The summed E-state index contributed by atoms with van der Waals surface area (Å²) < 4.78 is 19.4. The highest BCUT2D eigenvalue weighted by Gasteiger charge is 2.45. The zero-order valence-electron chi connectivity index (χ0n) is 6.80. The van der Waals surface area contributed by atoms with Crippen molar-refractivity contribution in [1.82, 2.24) is 0 Å². The summed E-state index contributed by atoms with van der Waals surface area (Å²) in [7, 11) is -5.58. The van der Waals surface area contributed by atoms with Gasteiger partial charge in [-0.3, -0.25) is 0 Å². The van der Waals surface area contributed by atoms with Gasteiger partial charge in [-0.15, -0.1) is 9.05 Å². The first kappa shape index (κ1) is 12.1. The highest BCUT2D eigenvalue weighted by molar-refractivity contribution is 7.33. The predicted molar refractivity (Wildman–Crippen MR) is 42.2 cm³/mol. The summed E-state index contributed by atoms with van der Waals surface area (Å²) in [5.41, 5.74) is -1.21. The molecule has 0 bridgehead atoms. The van der Waals surface area contributed by atoms with Crippen LogP contribution in [-0.2, 0) is 13.6 Å². The fourth-order valence-corrected chi connectivity index (χ4v) is 2.38. The van der Waals surface area contributed by atoms with Crippen molar-refractivity contribution in [3.8, 4) is 0 Å². The molecule has 12 heavy (non-hydrogen) atoms. The second-order valence-corrected chi connectivity index (χ2v) is 5.14. The zero-order chi connectivity index (χ0) is 9.78. The van der Waals surface area contributed by atoms with E-state index in [0.29, 0.717) is 0 Å². The molecule has 0 aliphatic rings. The van der Waals surface area contributed by atoms with Gasteiger partial charge in [0.2, 0.25) is 0 Å². The van der Waals surface area contributed by atoms with Gasteiger partial charge in [-0.05, 0) is 6.42 Å². The van der Waals surface area contributed by atoms with Crippen molar-refractivity contribution in [3.63, 3.8) is 0 Å². The summed E-state index contributed by atoms with van der Waals surface area (Å²) in [6, 6.07) is 0. The first-order chi connectivity index (χ1) is 5.41. The summed E-state index contributed by atoms with van der Waals surface area (Å²) in [6.07, 6.45) is 0.153. The van der Waals surface area contributed by atoms with E-state index in [0.717, 1.165) is 7.11 Å². The first-order valence-electron chi connectivity index (χ1n) is 3.27. The Labute approximate surface area is 72.1 Å². The molecule has 0 aliphatic carbocycles. The molecule has 0 aromatic rings. The molecule has 0 fully saturated rings. The molecule has 2 atom stereocenters. The standard InChI is InChI=1S/C4H12O6PSi/c1-3-4(12(6,7)8)10-11(5)9-2/h4,6-8H,3H2,1-2H3/q+1. The molecular formula is C4H12O6PSi+. The monoisotopic (exact) mass is 215 g/mol. The average Bonchev–Trinajstić information content (AvgIpc) is 1.97. The van der Waals surface area contributed by atoms with Gasteiger partial charge in [0.25, 0.3) is 0 Å². The van der Waals surface area contributed by atoms with E-state index in [2.05, 4.69) is 9.05 Å². The van der Waals surface area contributed by atoms with E-state index in [9.17, 15) is 4.57 Å². The molecule has 0 saturated carbocycles. The van der Waals surface area contributed by atoms with Crippen molar-refractivity contribution in [1.29, 1.82) is 0 Å².